The summed E-state index contributed by atoms with van der Waals surface area (Å²) in [5.74, 6) is 1.05. The molecule has 4 rings (SSSR count). The van der Waals surface area contributed by atoms with E-state index in [4.69, 9.17) is 4.98 Å². The number of fused-ring (bicyclic) bond motifs is 1. The molecule has 7 heteroatoms. The van der Waals surface area contributed by atoms with Crippen molar-refractivity contribution in [3.05, 3.63) is 35.9 Å². The maximum atomic E-state index is 12.5. The van der Waals surface area contributed by atoms with E-state index in [2.05, 4.69) is 20.3 Å². The lowest BCUT2D eigenvalue weighted by atomic mass is 9.86. The molecule has 1 atom stereocenters. The molecule has 26 heavy (non-hydrogen) atoms. The molecule has 3 heterocycles. The van der Waals surface area contributed by atoms with Gasteiger partial charge in [-0.3, -0.25) is 9.48 Å². The van der Waals surface area contributed by atoms with Gasteiger partial charge in [0.05, 0.1) is 0 Å². The van der Waals surface area contributed by atoms with Gasteiger partial charge in [-0.25, -0.2) is 9.97 Å². The van der Waals surface area contributed by atoms with Gasteiger partial charge >= 0.3 is 0 Å². The normalized spacial score (nSPS) is 19.4. The number of nitrogens with one attached hydrogen (secondary N) is 1. The molecule has 0 aromatic carbocycles. The molecule has 1 aliphatic heterocycles. The molecule has 1 saturated heterocycles. The van der Waals surface area contributed by atoms with Gasteiger partial charge in [0.25, 0.3) is 0 Å². The molecule has 2 aromatic heterocycles. The summed E-state index contributed by atoms with van der Waals surface area (Å²) in [6.07, 6.45) is 11.5. The van der Waals surface area contributed by atoms with E-state index < -0.39 is 0 Å². The Morgan fingerprint density at radius 3 is 3.00 bits per heavy atom. The first-order chi connectivity index (χ1) is 12.8. The van der Waals surface area contributed by atoms with Crippen molar-refractivity contribution < 1.29 is 4.79 Å². The Labute approximate surface area is 153 Å². The SMILES string of the molecule is O=C(NCCCn1cccn1)[C@@H]1CCc2nc(N3CCCC3)ncc2C1. The minimum absolute atomic E-state index is 0.0356. The highest BCUT2D eigenvalue weighted by molar-refractivity contribution is 5.79. The number of carbonyl (C=O) groups excluding carboxylic acids is 1. The van der Waals surface area contributed by atoms with Crippen LogP contribution >= 0.6 is 0 Å². The van der Waals surface area contributed by atoms with Gasteiger partial charge in [-0.1, -0.05) is 0 Å². The van der Waals surface area contributed by atoms with Crippen LogP contribution in [-0.4, -0.2) is 45.3 Å². The van der Waals surface area contributed by atoms with Gasteiger partial charge in [-0.05, 0) is 50.2 Å². The van der Waals surface area contributed by atoms with Crippen LogP contribution in [0.1, 0.15) is 36.9 Å². The summed E-state index contributed by atoms with van der Waals surface area (Å²) in [4.78, 5) is 24.0. The van der Waals surface area contributed by atoms with E-state index >= 15 is 0 Å². The molecule has 7 nitrogen and oxygen atoms in total. The van der Waals surface area contributed by atoms with Crippen molar-refractivity contribution in [3.8, 4) is 0 Å². The summed E-state index contributed by atoms with van der Waals surface area (Å²) in [6, 6.07) is 1.91. The molecule has 0 radical (unpaired) electrons. The Hall–Kier alpha value is -2.44. The Bertz CT molecular complexity index is 738. The molecule has 2 aromatic rings. The predicted octanol–water partition coefficient (Wildman–Crippen LogP) is 1.58. The van der Waals surface area contributed by atoms with Gasteiger partial charge < -0.3 is 10.2 Å². The van der Waals surface area contributed by atoms with Crippen LogP contribution in [0.2, 0.25) is 0 Å². The van der Waals surface area contributed by atoms with Crippen molar-refractivity contribution in [1.29, 1.82) is 0 Å². The lowest BCUT2D eigenvalue weighted by Gasteiger charge is -2.24. The Kier molecular flexibility index (Phi) is 5.13. The number of nitrogens with zero attached hydrogens (tertiary/aromatic N) is 5. The second-order valence-electron chi connectivity index (χ2n) is 7.19. The van der Waals surface area contributed by atoms with Crippen LogP contribution in [-0.2, 0) is 24.2 Å². The summed E-state index contributed by atoms with van der Waals surface area (Å²) in [5.41, 5.74) is 2.26. The first kappa shape index (κ1) is 17.0. The van der Waals surface area contributed by atoms with Crippen LogP contribution in [0.5, 0.6) is 0 Å². The van der Waals surface area contributed by atoms with Crippen molar-refractivity contribution >= 4 is 11.9 Å². The lowest BCUT2D eigenvalue weighted by Crippen LogP contribution is -2.35. The number of anilines is 1. The van der Waals surface area contributed by atoms with Crippen molar-refractivity contribution in [2.75, 3.05) is 24.5 Å². The number of aryl methyl sites for hydroxylation is 2. The number of hydrogen-bond acceptors (Lipinski definition) is 5. The number of amides is 1. The van der Waals surface area contributed by atoms with Crippen LogP contribution in [0.3, 0.4) is 0 Å². The molecular weight excluding hydrogens is 328 g/mol. The van der Waals surface area contributed by atoms with Crippen molar-refractivity contribution in [1.82, 2.24) is 25.1 Å². The maximum Gasteiger partial charge on any atom is 0.225 e. The topological polar surface area (TPSA) is 75.9 Å². The highest BCUT2D eigenvalue weighted by Crippen LogP contribution is 2.26. The first-order valence-electron chi connectivity index (χ1n) is 9.64. The van der Waals surface area contributed by atoms with E-state index in [0.717, 1.165) is 62.5 Å². The summed E-state index contributed by atoms with van der Waals surface area (Å²) >= 11 is 0. The number of hydrogen-bond donors (Lipinski definition) is 1. The second kappa shape index (κ2) is 7.85. The summed E-state index contributed by atoms with van der Waals surface area (Å²) in [7, 11) is 0. The third kappa shape index (κ3) is 3.86. The van der Waals surface area contributed by atoms with Gasteiger partial charge in [-0.2, -0.15) is 5.10 Å². The lowest BCUT2D eigenvalue weighted by molar-refractivity contribution is -0.125. The number of carbonyl (C=O) groups is 1. The molecule has 1 aliphatic carbocycles. The minimum Gasteiger partial charge on any atom is -0.356 e. The molecule has 138 valence electrons. The number of aromatic nitrogens is 4. The van der Waals surface area contributed by atoms with Crippen LogP contribution in [0.15, 0.2) is 24.7 Å². The maximum absolute atomic E-state index is 12.5. The molecule has 0 saturated carbocycles. The summed E-state index contributed by atoms with van der Waals surface area (Å²) in [6.45, 7) is 3.63. The summed E-state index contributed by atoms with van der Waals surface area (Å²) in [5, 5.41) is 7.24. The highest BCUT2D eigenvalue weighted by atomic mass is 16.1. The van der Waals surface area contributed by atoms with Crippen molar-refractivity contribution in [2.24, 2.45) is 5.92 Å². The molecule has 2 aliphatic rings. The van der Waals surface area contributed by atoms with Gasteiger partial charge in [-0.15, -0.1) is 0 Å². The monoisotopic (exact) mass is 354 g/mol. The third-order valence-corrected chi connectivity index (χ3v) is 5.32. The molecule has 1 amide bonds. The van der Waals surface area contributed by atoms with Gasteiger partial charge in [0.2, 0.25) is 11.9 Å². The fourth-order valence-electron chi connectivity index (χ4n) is 3.82. The third-order valence-electron chi connectivity index (χ3n) is 5.32. The van der Waals surface area contributed by atoms with E-state index in [1.165, 1.54) is 12.8 Å². The van der Waals surface area contributed by atoms with Gasteiger partial charge in [0.1, 0.15) is 0 Å². The molecule has 1 fully saturated rings. The van der Waals surface area contributed by atoms with E-state index in [1.54, 1.807) is 6.20 Å². The zero-order chi connectivity index (χ0) is 17.8. The van der Waals surface area contributed by atoms with Crippen LogP contribution < -0.4 is 10.2 Å². The molecular formula is C19H26N6O. The highest BCUT2D eigenvalue weighted by Gasteiger charge is 2.26. The fraction of sp³-hybridized carbons (Fsp3) is 0.579. The molecule has 1 N–H and O–H groups in total. The van der Waals surface area contributed by atoms with Crippen molar-refractivity contribution in [3.63, 3.8) is 0 Å². The Morgan fingerprint density at radius 2 is 2.19 bits per heavy atom. The average molecular weight is 354 g/mol. The molecule has 0 spiro atoms. The minimum atomic E-state index is 0.0356. The fourth-order valence-corrected chi connectivity index (χ4v) is 3.82. The van der Waals surface area contributed by atoms with E-state index in [0.29, 0.717) is 6.54 Å². The zero-order valence-electron chi connectivity index (χ0n) is 15.1. The quantitative estimate of drug-likeness (QED) is 0.797. The standard InChI is InChI=1S/C19H26N6O/c26-18(20-7-3-11-25-12-4-8-22-25)15-5-6-17-16(13-15)14-21-19(23-17)24-9-1-2-10-24/h4,8,12,14-15H,1-3,5-7,9-11,13H2,(H,20,26)/t15-/m1/s1. The van der Waals surface area contributed by atoms with Gasteiger partial charge in [0.15, 0.2) is 0 Å². The van der Waals surface area contributed by atoms with Crippen LogP contribution in [0.25, 0.3) is 0 Å². The Balaban J connectivity index is 1.28. The van der Waals surface area contributed by atoms with E-state index in [1.807, 2.05) is 23.1 Å². The smallest absolute Gasteiger partial charge is 0.225 e. The van der Waals surface area contributed by atoms with E-state index in [9.17, 15) is 4.79 Å². The average Bonchev–Trinajstić information content (AvgIpc) is 3.38. The first-order valence-corrected chi connectivity index (χ1v) is 9.64. The largest absolute Gasteiger partial charge is 0.356 e. The predicted molar refractivity (Wildman–Crippen MR) is 98.8 cm³/mol. The van der Waals surface area contributed by atoms with E-state index in [-0.39, 0.29) is 11.8 Å². The summed E-state index contributed by atoms with van der Waals surface area (Å²) < 4.78 is 1.89. The molecule has 0 bridgehead atoms. The number of rotatable bonds is 6. The van der Waals surface area contributed by atoms with Crippen molar-refractivity contribution in [2.45, 2.75) is 45.1 Å². The Morgan fingerprint density at radius 1 is 1.31 bits per heavy atom. The van der Waals surface area contributed by atoms with Crippen LogP contribution in [0, 0.1) is 5.92 Å². The zero-order valence-corrected chi connectivity index (χ0v) is 15.1. The molecule has 0 unspecified atom stereocenters. The van der Waals surface area contributed by atoms with Gasteiger partial charge in [0, 0.05) is 56.4 Å². The van der Waals surface area contributed by atoms with Crippen LogP contribution in [0.4, 0.5) is 5.95 Å². The second-order valence-corrected chi connectivity index (χ2v) is 7.19.